The molecule has 0 aliphatic heterocycles. The van der Waals surface area contributed by atoms with Crippen molar-refractivity contribution in [2.24, 2.45) is 0 Å². The molecule has 166 valence electrons. The minimum atomic E-state index is -0.510. The van der Waals surface area contributed by atoms with Gasteiger partial charge in [0.05, 0.1) is 18.5 Å². The van der Waals surface area contributed by atoms with Gasteiger partial charge < -0.3 is 15.4 Å². The predicted octanol–water partition coefficient (Wildman–Crippen LogP) is 4.83. The molecule has 0 saturated heterocycles. The van der Waals surface area contributed by atoms with Crippen LogP contribution in [0.15, 0.2) is 79.0 Å². The third kappa shape index (κ3) is 4.90. The van der Waals surface area contributed by atoms with Gasteiger partial charge >= 0.3 is 0 Å². The molecule has 8 heteroatoms. The number of methoxy groups -OCH3 is 1. The summed E-state index contributed by atoms with van der Waals surface area (Å²) in [6.45, 7) is 1.95. The Hall–Kier alpha value is -4.46. The van der Waals surface area contributed by atoms with Gasteiger partial charge in [0.25, 0.3) is 11.8 Å². The summed E-state index contributed by atoms with van der Waals surface area (Å²) < 4.78 is 20.5. The standard InChI is InChI=1S/C25H21FN4O3/c1-16-12-13-27-30(16)21-9-6-17(7-10-21)24(31)28-20-8-11-23(33-2)22(15-20)29-25(32)18-4-3-5-19(26)14-18/h3-15H,1-2H3,(H,28,31)(H,29,32). The highest BCUT2D eigenvalue weighted by molar-refractivity contribution is 6.07. The molecule has 0 aliphatic carbocycles. The van der Waals surface area contributed by atoms with Crippen molar-refractivity contribution in [1.82, 2.24) is 9.78 Å². The zero-order valence-corrected chi connectivity index (χ0v) is 18.0. The number of aryl methyl sites for hydroxylation is 1. The minimum Gasteiger partial charge on any atom is -0.495 e. The quantitative estimate of drug-likeness (QED) is 0.446. The maximum absolute atomic E-state index is 13.4. The van der Waals surface area contributed by atoms with Gasteiger partial charge in [0.2, 0.25) is 0 Å². The van der Waals surface area contributed by atoms with E-state index in [1.165, 1.54) is 25.3 Å². The Morgan fingerprint density at radius 1 is 0.909 bits per heavy atom. The Morgan fingerprint density at radius 2 is 1.67 bits per heavy atom. The Balaban J connectivity index is 1.50. The fourth-order valence-electron chi connectivity index (χ4n) is 3.30. The number of ether oxygens (including phenoxy) is 1. The molecule has 1 heterocycles. The van der Waals surface area contributed by atoms with Crippen molar-refractivity contribution in [2.45, 2.75) is 6.92 Å². The SMILES string of the molecule is COc1ccc(NC(=O)c2ccc(-n3nccc3C)cc2)cc1NC(=O)c1cccc(F)c1. The van der Waals surface area contributed by atoms with Gasteiger partial charge in [0.1, 0.15) is 11.6 Å². The van der Waals surface area contributed by atoms with Gasteiger partial charge in [-0.25, -0.2) is 9.07 Å². The molecular formula is C25H21FN4O3. The molecule has 0 spiro atoms. The Bertz CT molecular complexity index is 1320. The first-order chi connectivity index (χ1) is 15.9. The summed E-state index contributed by atoms with van der Waals surface area (Å²) >= 11 is 0. The van der Waals surface area contributed by atoms with Gasteiger partial charge in [-0.1, -0.05) is 6.07 Å². The molecule has 0 radical (unpaired) electrons. The van der Waals surface area contributed by atoms with Crippen molar-refractivity contribution in [3.8, 4) is 11.4 Å². The Morgan fingerprint density at radius 3 is 2.33 bits per heavy atom. The van der Waals surface area contributed by atoms with Crippen LogP contribution in [0, 0.1) is 12.7 Å². The molecule has 3 aromatic carbocycles. The molecule has 0 atom stereocenters. The van der Waals surface area contributed by atoms with Crippen LogP contribution in [0.25, 0.3) is 5.69 Å². The predicted molar refractivity (Wildman–Crippen MR) is 124 cm³/mol. The second-order valence-electron chi connectivity index (χ2n) is 7.26. The zero-order valence-electron chi connectivity index (χ0n) is 18.0. The van der Waals surface area contributed by atoms with Crippen LogP contribution in [0.3, 0.4) is 0 Å². The molecular weight excluding hydrogens is 423 g/mol. The first-order valence-corrected chi connectivity index (χ1v) is 10.1. The summed E-state index contributed by atoms with van der Waals surface area (Å²) in [6, 6.07) is 19.2. The van der Waals surface area contributed by atoms with E-state index in [-0.39, 0.29) is 11.5 Å². The number of aromatic nitrogens is 2. The van der Waals surface area contributed by atoms with E-state index < -0.39 is 11.7 Å². The van der Waals surface area contributed by atoms with Gasteiger partial charge in [-0.05, 0) is 73.7 Å². The number of amides is 2. The first-order valence-electron chi connectivity index (χ1n) is 10.1. The van der Waals surface area contributed by atoms with Crippen LogP contribution in [-0.4, -0.2) is 28.7 Å². The monoisotopic (exact) mass is 444 g/mol. The van der Waals surface area contributed by atoms with Crippen LogP contribution in [0.2, 0.25) is 0 Å². The summed E-state index contributed by atoms with van der Waals surface area (Å²) in [5, 5.41) is 9.76. The van der Waals surface area contributed by atoms with Gasteiger partial charge in [-0.2, -0.15) is 5.10 Å². The van der Waals surface area contributed by atoms with Gasteiger partial charge in [-0.3, -0.25) is 9.59 Å². The molecule has 0 fully saturated rings. The number of anilines is 2. The number of halogens is 1. The number of nitrogens with one attached hydrogen (secondary N) is 2. The van der Waals surface area contributed by atoms with Gasteiger partial charge in [0, 0.05) is 28.7 Å². The maximum Gasteiger partial charge on any atom is 0.255 e. The minimum absolute atomic E-state index is 0.166. The van der Waals surface area contributed by atoms with Crippen molar-refractivity contribution >= 4 is 23.2 Å². The summed E-state index contributed by atoms with van der Waals surface area (Å²) in [5.41, 5.74) is 3.26. The van der Waals surface area contributed by atoms with Crippen molar-refractivity contribution in [3.05, 3.63) is 102 Å². The van der Waals surface area contributed by atoms with Crippen LogP contribution in [0.4, 0.5) is 15.8 Å². The lowest BCUT2D eigenvalue weighted by Gasteiger charge is -2.13. The van der Waals surface area contributed by atoms with Crippen LogP contribution in [0.5, 0.6) is 5.75 Å². The third-order valence-corrected chi connectivity index (χ3v) is 5.00. The smallest absolute Gasteiger partial charge is 0.255 e. The normalized spacial score (nSPS) is 10.5. The van der Waals surface area contributed by atoms with E-state index in [9.17, 15) is 14.0 Å². The van der Waals surface area contributed by atoms with E-state index in [0.29, 0.717) is 22.7 Å². The van der Waals surface area contributed by atoms with E-state index in [1.807, 2.05) is 25.1 Å². The molecule has 0 bridgehead atoms. The Kier molecular flexibility index (Phi) is 6.17. The zero-order chi connectivity index (χ0) is 23.4. The van der Waals surface area contributed by atoms with E-state index in [0.717, 1.165) is 17.4 Å². The maximum atomic E-state index is 13.4. The van der Waals surface area contributed by atoms with Crippen LogP contribution < -0.4 is 15.4 Å². The molecule has 1 aromatic heterocycles. The average Bonchev–Trinajstić information content (AvgIpc) is 3.25. The molecule has 7 nitrogen and oxygen atoms in total. The third-order valence-electron chi connectivity index (χ3n) is 5.00. The van der Waals surface area contributed by atoms with E-state index >= 15 is 0 Å². The second-order valence-corrected chi connectivity index (χ2v) is 7.26. The first kappa shape index (κ1) is 21.8. The number of hydrogen-bond donors (Lipinski definition) is 2. The highest BCUT2D eigenvalue weighted by Crippen LogP contribution is 2.29. The molecule has 4 rings (SSSR count). The van der Waals surface area contributed by atoms with Crippen molar-refractivity contribution < 1.29 is 18.7 Å². The number of carbonyl (C=O) groups excluding carboxylic acids is 2. The molecule has 33 heavy (non-hydrogen) atoms. The molecule has 2 N–H and O–H groups in total. The largest absolute Gasteiger partial charge is 0.495 e. The summed E-state index contributed by atoms with van der Waals surface area (Å²) in [5.74, 6) is -0.923. The lowest BCUT2D eigenvalue weighted by Crippen LogP contribution is -2.15. The highest BCUT2D eigenvalue weighted by Gasteiger charge is 2.13. The molecule has 2 amide bonds. The summed E-state index contributed by atoms with van der Waals surface area (Å²) in [6.07, 6.45) is 1.71. The number of carbonyl (C=O) groups is 2. The van der Waals surface area contributed by atoms with Gasteiger partial charge in [-0.15, -0.1) is 0 Å². The van der Waals surface area contributed by atoms with Crippen molar-refractivity contribution in [2.75, 3.05) is 17.7 Å². The van der Waals surface area contributed by atoms with E-state index in [1.54, 1.807) is 41.2 Å². The summed E-state index contributed by atoms with van der Waals surface area (Å²) in [4.78, 5) is 25.2. The van der Waals surface area contributed by atoms with Crippen molar-refractivity contribution in [1.29, 1.82) is 0 Å². The number of hydrogen-bond acceptors (Lipinski definition) is 4. The molecule has 4 aromatic rings. The molecule has 0 saturated carbocycles. The highest BCUT2D eigenvalue weighted by atomic mass is 19.1. The summed E-state index contributed by atoms with van der Waals surface area (Å²) in [7, 11) is 1.47. The van der Waals surface area contributed by atoms with E-state index in [2.05, 4.69) is 15.7 Å². The topological polar surface area (TPSA) is 85.2 Å². The van der Waals surface area contributed by atoms with Gasteiger partial charge in [0.15, 0.2) is 0 Å². The number of nitrogens with zero attached hydrogens (tertiary/aromatic N) is 2. The van der Waals surface area contributed by atoms with Crippen LogP contribution in [-0.2, 0) is 0 Å². The van der Waals surface area contributed by atoms with Crippen LogP contribution >= 0.6 is 0 Å². The molecule has 0 unspecified atom stereocenters. The van der Waals surface area contributed by atoms with E-state index in [4.69, 9.17) is 4.74 Å². The van der Waals surface area contributed by atoms with Crippen molar-refractivity contribution in [3.63, 3.8) is 0 Å². The number of rotatable bonds is 6. The molecule has 0 aliphatic rings. The average molecular weight is 444 g/mol. The fraction of sp³-hybridized carbons (Fsp3) is 0.0800. The van der Waals surface area contributed by atoms with Crippen LogP contribution in [0.1, 0.15) is 26.4 Å². The lowest BCUT2D eigenvalue weighted by atomic mass is 10.1. The Labute approximate surface area is 189 Å². The fourth-order valence-corrected chi connectivity index (χ4v) is 3.30. The number of benzene rings is 3. The lowest BCUT2D eigenvalue weighted by molar-refractivity contribution is 0.101. The second kappa shape index (κ2) is 9.35.